The quantitative estimate of drug-likeness (QED) is 0.820. The Hall–Kier alpha value is -1.06. The van der Waals surface area contributed by atoms with Crippen LogP contribution in [0.2, 0.25) is 0 Å². The van der Waals surface area contributed by atoms with E-state index in [2.05, 4.69) is 18.9 Å². The van der Waals surface area contributed by atoms with E-state index in [0.29, 0.717) is 17.8 Å². The Balaban J connectivity index is 2.07. The average Bonchev–Trinajstić information content (AvgIpc) is 3.14. The van der Waals surface area contributed by atoms with Gasteiger partial charge in [0.1, 0.15) is 5.75 Å². The molecule has 0 saturated heterocycles. The largest absolute Gasteiger partial charge is 0.508 e. The third-order valence-electron chi connectivity index (χ3n) is 3.92. The van der Waals surface area contributed by atoms with Crippen LogP contribution in [-0.2, 0) is 0 Å². The van der Waals surface area contributed by atoms with E-state index in [-0.39, 0.29) is 0 Å². The molecule has 1 aromatic rings. The van der Waals surface area contributed by atoms with E-state index in [4.69, 9.17) is 5.73 Å². The molecule has 3 heteroatoms. The molecule has 0 aromatic heterocycles. The van der Waals surface area contributed by atoms with Crippen molar-refractivity contribution in [3.8, 4) is 5.75 Å². The maximum Gasteiger partial charge on any atom is 0.115 e. The predicted octanol–water partition coefficient (Wildman–Crippen LogP) is 2.12. The molecule has 1 aromatic carbocycles. The molecule has 1 saturated carbocycles. The Labute approximate surface area is 103 Å². The van der Waals surface area contributed by atoms with Crippen LogP contribution in [-0.4, -0.2) is 29.6 Å². The van der Waals surface area contributed by atoms with Crippen LogP contribution in [0, 0.1) is 5.92 Å². The Morgan fingerprint density at radius 3 is 2.41 bits per heavy atom. The fraction of sp³-hybridized carbons (Fsp3) is 0.571. The summed E-state index contributed by atoms with van der Waals surface area (Å²) in [6.07, 6.45) is 2.63. The first-order chi connectivity index (χ1) is 8.13. The van der Waals surface area contributed by atoms with Gasteiger partial charge in [-0.05, 0) is 50.4 Å². The molecular formula is C14H22N2O. The number of rotatable bonds is 5. The average molecular weight is 234 g/mol. The molecule has 0 amide bonds. The van der Waals surface area contributed by atoms with E-state index in [9.17, 15) is 5.11 Å². The lowest BCUT2D eigenvalue weighted by atomic mass is 10.0. The van der Waals surface area contributed by atoms with Gasteiger partial charge in [-0.25, -0.2) is 0 Å². The summed E-state index contributed by atoms with van der Waals surface area (Å²) in [4.78, 5) is 2.37. The lowest BCUT2D eigenvalue weighted by molar-refractivity contribution is 0.170. The highest BCUT2D eigenvalue weighted by Gasteiger charge is 2.34. The molecule has 0 bridgehead atoms. The van der Waals surface area contributed by atoms with Crippen LogP contribution < -0.4 is 5.73 Å². The highest BCUT2D eigenvalue weighted by molar-refractivity contribution is 5.27. The van der Waals surface area contributed by atoms with Crippen molar-refractivity contribution in [2.45, 2.75) is 31.8 Å². The number of hydrogen-bond donors (Lipinski definition) is 2. The van der Waals surface area contributed by atoms with Gasteiger partial charge in [0.25, 0.3) is 0 Å². The molecule has 2 unspecified atom stereocenters. The Morgan fingerprint density at radius 2 is 1.94 bits per heavy atom. The zero-order chi connectivity index (χ0) is 12.4. The summed E-state index contributed by atoms with van der Waals surface area (Å²) in [7, 11) is 2.15. The lowest BCUT2D eigenvalue weighted by Gasteiger charge is -2.33. The number of likely N-dealkylation sites (N-methyl/N-ethyl adjacent to an activating group) is 1. The van der Waals surface area contributed by atoms with Gasteiger partial charge in [0.05, 0.1) is 0 Å². The first kappa shape index (κ1) is 12.4. The van der Waals surface area contributed by atoms with Crippen molar-refractivity contribution in [1.82, 2.24) is 4.90 Å². The summed E-state index contributed by atoms with van der Waals surface area (Å²) in [6, 6.07) is 8.28. The number of phenols is 1. The van der Waals surface area contributed by atoms with Gasteiger partial charge in [0.2, 0.25) is 0 Å². The van der Waals surface area contributed by atoms with Gasteiger partial charge in [-0.3, -0.25) is 4.90 Å². The molecule has 0 radical (unpaired) electrons. The van der Waals surface area contributed by atoms with Gasteiger partial charge in [-0.15, -0.1) is 0 Å². The summed E-state index contributed by atoms with van der Waals surface area (Å²) in [6.45, 7) is 2.92. The predicted molar refractivity (Wildman–Crippen MR) is 69.9 cm³/mol. The monoisotopic (exact) mass is 234 g/mol. The topological polar surface area (TPSA) is 49.5 Å². The van der Waals surface area contributed by atoms with Crippen LogP contribution >= 0.6 is 0 Å². The van der Waals surface area contributed by atoms with Gasteiger partial charge in [-0.2, -0.15) is 0 Å². The minimum absolute atomic E-state index is 0.321. The minimum Gasteiger partial charge on any atom is -0.508 e. The molecule has 17 heavy (non-hydrogen) atoms. The summed E-state index contributed by atoms with van der Waals surface area (Å²) in [5.74, 6) is 1.10. The number of benzene rings is 1. The molecular weight excluding hydrogens is 212 g/mol. The molecule has 0 heterocycles. The molecule has 2 rings (SSSR count). The summed E-state index contributed by atoms with van der Waals surface area (Å²) >= 11 is 0. The molecule has 1 aliphatic carbocycles. The van der Waals surface area contributed by atoms with E-state index < -0.39 is 0 Å². The molecule has 3 N–H and O–H groups in total. The van der Waals surface area contributed by atoms with Crippen LogP contribution in [0.25, 0.3) is 0 Å². The first-order valence-corrected chi connectivity index (χ1v) is 6.34. The molecule has 1 fully saturated rings. The second-order valence-corrected chi connectivity index (χ2v) is 5.07. The Morgan fingerprint density at radius 1 is 1.35 bits per heavy atom. The van der Waals surface area contributed by atoms with Crippen molar-refractivity contribution >= 4 is 0 Å². The van der Waals surface area contributed by atoms with E-state index in [0.717, 1.165) is 12.5 Å². The molecule has 0 spiro atoms. The lowest BCUT2D eigenvalue weighted by Crippen LogP contribution is -2.41. The summed E-state index contributed by atoms with van der Waals surface area (Å²) in [5.41, 5.74) is 7.10. The molecule has 0 aliphatic heterocycles. The third-order valence-corrected chi connectivity index (χ3v) is 3.92. The fourth-order valence-corrected chi connectivity index (χ4v) is 2.45. The number of aromatic hydroxyl groups is 1. The highest BCUT2D eigenvalue weighted by Crippen LogP contribution is 2.37. The van der Waals surface area contributed by atoms with Gasteiger partial charge >= 0.3 is 0 Å². The van der Waals surface area contributed by atoms with Crippen molar-refractivity contribution in [3.63, 3.8) is 0 Å². The van der Waals surface area contributed by atoms with E-state index in [1.807, 2.05) is 12.1 Å². The zero-order valence-corrected chi connectivity index (χ0v) is 10.6. The van der Waals surface area contributed by atoms with Crippen LogP contribution in [0.4, 0.5) is 0 Å². The van der Waals surface area contributed by atoms with Crippen LogP contribution in [0.1, 0.15) is 31.4 Å². The van der Waals surface area contributed by atoms with Crippen molar-refractivity contribution in [2.24, 2.45) is 11.7 Å². The third kappa shape index (κ3) is 2.79. The highest BCUT2D eigenvalue weighted by atomic mass is 16.3. The number of phenolic OH excluding ortho intramolecular Hbond substituents is 1. The number of hydrogen-bond acceptors (Lipinski definition) is 3. The SMILES string of the molecule is CC(c1ccc(O)cc1)N(C)C(CN)C1CC1. The van der Waals surface area contributed by atoms with Crippen LogP contribution in [0.15, 0.2) is 24.3 Å². The first-order valence-electron chi connectivity index (χ1n) is 6.34. The standard InChI is InChI=1S/C14H22N2O/c1-10(11-5-7-13(17)8-6-11)16(2)14(9-15)12-3-4-12/h5-8,10,12,14,17H,3-4,9,15H2,1-2H3. The van der Waals surface area contributed by atoms with Gasteiger partial charge in [-0.1, -0.05) is 12.1 Å². The van der Waals surface area contributed by atoms with E-state index in [1.54, 1.807) is 12.1 Å². The van der Waals surface area contributed by atoms with Crippen molar-refractivity contribution in [3.05, 3.63) is 29.8 Å². The van der Waals surface area contributed by atoms with Crippen molar-refractivity contribution in [1.29, 1.82) is 0 Å². The summed E-state index contributed by atoms with van der Waals surface area (Å²) in [5, 5.41) is 9.30. The minimum atomic E-state index is 0.321. The van der Waals surface area contributed by atoms with Gasteiger partial charge in [0, 0.05) is 18.6 Å². The smallest absolute Gasteiger partial charge is 0.115 e. The fourth-order valence-electron chi connectivity index (χ4n) is 2.45. The molecule has 2 atom stereocenters. The number of nitrogens with zero attached hydrogens (tertiary/aromatic N) is 1. The van der Waals surface area contributed by atoms with E-state index in [1.165, 1.54) is 18.4 Å². The maximum atomic E-state index is 9.30. The second-order valence-electron chi connectivity index (χ2n) is 5.07. The summed E-state index contributed by atoms with van der Waals surface area (Å²) < 4.78 is 0. The second kappa shape index (κ2) is 5.07. The van der Waals surface area contributed by atoms with Crippen LogP contribution in [0.5, 0.6) is 5.75 Å². The number of nitrogens with two attached hydrogens (primary N) is 1. The van der Waals surface area contributed by atoms with Gasteiger partial charge < -0.3 is 10.8 Å². The Bertz CT molecular complexity index is 359. The van der Waals surface area contributed by atoms with E-state index >= 15 is 0 Å². The zero-order valence-electron chi connectivity index (χ0n) is 10.6. The molecule has 94 valence electrons. The van der Waals surface area contributed by atoms with Crippen molar-refractivity contribution in [2.75, 3.05) is 13.6 Å². The maximum absolute atomic E-state index is 9.30. The molecule has 1 aliphatic rings. The van der Waals surface area contributed by atoms with Crippen molar-refractivity contribution < 1.29 is 5.11 Å². The Kier molecular flexibility index (Phi) is 3.69. The normalized spacial score (nSPS) is 19.3. The van der Waals surface area contributed by atoms with Crippen LogP contribution in [0.3, 0.4) is 0 Å². The van der Waals surface area contributed by atoms with Gasteiger partial charge in [0.15, 0.2) is 0 Å². The molecule has 3 nitrogen and oxygen atoms in total.